The van der Waals surface area contributed by atoms with Gasteiger partial charge < -0.3 is 8.98 Å². The molecule has 0 fully saturated rings. The van der Waals surface area contributed by atoms with Crippen LogP contribution in [0.2, 0.25) is 17.3 Å². The Bertz CT molecular complexity index is 2820. The number of nitrogens with zero attached hydrogens (tertiary/aromatic N) is 4. The molecule has 0 aliphatic rings. The Kier molecular flexibility index (Phi) is 12.3. The largest absolute Gasteiger partial charge is 0.486 e. The smallest absolute Gasteiger partial charge is 0.216 e. The number of imidazole rings is 1. The van der Waals surface area contributed by atoms with E-state index in [1.54, 1.807) is 4.40 Å². The van der Waals surface area contributed by atoms with E-state index >= 15 is 0 Å². The van der Waals surface area contributed by atoms with Crippen LogP contribution in [0.15, 0.2) is 144 Å². The first-order chi connectivity index (χ1) is 27.6. The molecule has 1 radical (unpaired) electrons. The summed E-state index contributed by atoms with van der Waals surface area (Å²) in [6.45, 7) is 8.85. The van der Waals surface area contributed by atoms with Gasteiger partial charge in [-0.1, -0.05) is 85.5 Å². The maximum atomic E-state index is 6.43. The first-order valence-electron chi connectivity index (χ1n) is 19.9. The first kappa shape index (κ1) is 41.0. The molecule has 0 unspecified atom stereocenters. The van der Waals surface area contributed by atoms with Crippen molar-refractivity contribution in [3.63, 3.8) is 0 Å². The van der Waals surface area contributed by atoms with Gasteiger partial charge in [0.2, 0.25) is 5.71 Å². The molecule has 9 rings (SSSR count). The Morgan fingerprint density at radius 2 is 1.47 bits per heavy atom. The predicted molar refractivity (Wildman–Crippen MR) is 240 cm³/mol. The molecule has 58 heavy (non-hydrogen) atoms. The second-order valence-corrected chi connectivity index (χ2v) is 27.0. The van der Waals surface area contributed by atoms with E-state index < -0.39 is 13.3 Å². The topological polar surface area (TPSA) is 56.7 Å². The van der Waals surface area contributed by atoms with Crippen molar-refractivity contribution >= 4 is 50.8 Å². The van der Waals surface area contributed by atoms with Gasteiger partial charge in [-0.2, -0.15) is 0 Å². The molecule has 0 saturated carbocycles. The molecule has 4 aromatic heterocycles. The van der Waals surface area contributed by atoms with Crippen molar-refractivity contribution in [2.75, 3.05) is 0 Å². The Morgan fingerprint density at radius 3 is 2.21 bits per heavy atom. The fourth-order valence-electron chi connectivity index (χ4n) is 7.57. The van der Waals surface area contributed by atoms with Crippen LogP contribution in [-0.2, 0) is 26.5 Å². The fraction of sp³-hybridized carbons (Fsp3) is 0.196. The third-order valence-electron chi connectivity index (χ3n) is 10.3. The van der Waals surface area contributed by atoms with Gasteiger partial charge in [0.25, 0.3) is 0 Å². The van der Waals surface area contributed by atoms with Gasteiger partial charge in [-0.05, 0) is 41.8 Å². The molecule has 0 saturated heterocycles. The quantitative estimate of drug-likeness (QED) is 0.112. The normalized spacial score (nSPS) is 11.6. The van der Waals surface area contributed by atoms with Crippen LogP contribution < -0.4 is 4.40 Å². The molecule has 0 aliphatic heterocycles. The van der Waals surface area contributed by atoms with Crippen LogP contribution in [0.5, 0.6) is 0 Å². The molecule has 0 bridgehead atoms. The van der Waals surface area contributed by atoms with Crippen molar-refractivity contribution in [2.45, 2.75) is 57.3 Å². The summed E-state index contributed by atoms with van der Waals surface area (Å²) in [5, 5.41) is 2.02. The minimum Gasteiger partial charge on any atom is -0.486 e. The molecule has 0 atom stereocenters. The number of benzene rings is 5. The van der Waals surface area contributed by atoms with Crippen molar-refractivity contribution in [1.82, 2.24) is 19.5 Å². The second kappa shape index (κ2) is 17.4. The van der Waals surface area contributed by atoms with Gasteiger partial charge in [-0.25, -0.2) is 4.98 Å². The van der Waals surface area contributed by atoms with Gasteiger partial charge in [-0.15, -0.1) is 18.2 Å². The molecule has 9 aromatic rings. The van der Waals surface area contributed by atoms with Crippen molar-refractivity contribution in [2.24, 2.45) is 5.92 Å². The zero-order valence-electron chi connectivity index (χ0n) is 34.2. The minimum absolute atomic E-state index is 0. The van der Waals surface area contributed by atoms with Crippen LogP contribution in [0, 0.1) is 18.1 Å². The van der Waals surface area contributed by atoms with Crippen LogP contribution in [0.3, 0.4) is 0 Å². The number of pyridine rings is 2. The average Bonchev–Trinajstić information content (AvgIpc) is 3.79. The third kappa shape index (κ3) is 8.38. The van der Waals surface area contributed by atoms with Crippen molar-refractivity contribution in [3.8, 4) is 39.5 Å². The molecule has 7 heteroatoms. The van der Waals surface area contributed by atoms with Crippen LogP contribution in [-0.4, -0.2) is 32.8 Å². The maximum absolute atomic E-state index is 6.43. The van der Waals surface area contributed by atoms with Crippen molar-refractivity contribution < 1.29 is 24.5 Å². The van der Waals surface area contributed by atoms with Crippen molar-refractivity contribution in [1.29, 1.82) is 0 Å². The summed E-state index contributed by atoms with van der Waals surface area (Å²) < 4.78 is 10.2. The third-order valence-corrected chi connectivity index (χ3v) is 14.7. The molecular formula is C51H48GeIrN4O-2. The van der Waals surface area contributed by atoms with E-state index in [-0.39, 0.29) is 20.1 Å². The Labute approximate surface area is 358 Å². The van der Waals surface area contributed by atoms with Crippen molar-refractivity contribution in [3.05, 3.63) is 163 Å². The summed E-state index contributed by atoms with van der Waals surface area (Å²) in [5.74, 6) is 9.11. The van der Waals surface area contributed by atoms with Crippen LogP contribution in [0.1, 0.15) is 44.9 Å². The molecule has 0 amide bonds. The summed E-state index contributed by atoms with van der Waals surface area (Å²) in [5.41, 5.74) is 12.2. The number of aromatic nitrogens is 4. The molecule has 0 N–H and O–H groups in total. The SMILES string of the molecule is CC(C)Cc1cc(-c2[c-]cccc2)nc[c]1[Ge]([CH3])([CH3])[CH3].CC(C)c1ccc2c(n1)oc1c(-c3nc4ccccc4n3-c3ccccc3-c3ccccc3)[c-]ccc12.[Ir]. The zero-order valence-corrected chi connectivity index (χ0v) is 38.7. The van der Waals surface area contributed by atoms with Gasteiger partial charge in [0.1, 0.15) is 0 Å². The van der Waals surface area contributed by atoms with Gasteiger partial charge in [-0.3, -0.25) is 4.98 Å². The summed E-state index contributed by atoms with van der Waals surface area (Å²) >= 11 is -1.86. The number of rotatable bonds is 8. The maximum Gasteiger partial charge on any atom is 0.216 e. The Morgan fingerprint density at radius 1 is 0.724 bits per heavy atom. The number of hydrogen-bond acceptors (Lipinski definition) is 4. The van der Waals surface area contributed by atoms with Gasteiger partial charge in [0.15, 0.2) is 0 Å². The first-order valence-corrected chi connectivity index (χ1v) is 27.2. The molecule has 0 spiro atoms. The van der Waals surface area contributed by atoms with Gasteiger partial charge in [0, 0.05) is 42.4 Å². The summed E-state index contributed by atoms with van der Waals surface area (Å²) in [6.07, 6.45) is 3.27. The minimum atomic E-state index is -1.86. The predicted octanol–water partition coefficient (Wildman–Crippen LogP) is 12.9. The van der Waals surface area contributed by atoms with E-state index in [9.17, 15) is 0 Å². The average molecular weight is 998 g/mol. The fourth-order valence-corrected chi connectivity index (χ4v) is 10.9. The molecule has 293 valence electrons. The van der Waals surface area contributed by atoms with Gasteiger partial charge >= 0.3 is 126 Å². The summed E-state index contributed by atoms with van der Waals surface area (Å²) in [7, 11) is 0. The second-order valence-electron chi connectivity index (χ2n) is 16.4. The van der Waals surface area contributed by atoms with E-state index in [4.69, 9.17) is 19.4 Å². The van der Waals surface area contributed by atoms with E-state index in [1.165, 1.54) is 5.56 Å². The Balaban J connectivity index is 0.000000208. The van der Waals surface area contributed by atoms with E-state index in [0.717, 1.165) is 79.0 Å². The number of fused-ring (bicyclic) bond motifs is 4. The van der Waals surface area contributed by atoms with E-state index in [0.29, 0.717) is 17.5 Å². The Hall–Kier alpha value is -5.14. The zero-order chi connectivity index (χ0) is 39.7. The van der Waals surface area contributed by atoms with Gasteiger partial charge in [0.05, 0.1) is 22.4 Å². The summed E-state index contributed by atoms with van der Waals surface area (Å²) in [6, 6.07) is 52.5. The molecular weight excluding hydrogens is 949 g/mol. The van der Waals surface area contributed by atoms with Crippen LogP contribution in [0.25, 0.3) is 72.6 Å². The van der Waals surface area contributed by atoms with E-state index in [1.807, 2.05) is 42.5 Å². The van der Waals surface area contributed by atoms with E-state index in [2.05, 4.69) is 159 Å². The number of hydrogen-bond donors (Lipinski definition) is 0. The molecule has 4 heterocycles. The monoisotopic (exact) mass is 999 g/mol. The van der Waals surface area contributed by atoms with Crippen LogP contribution in [0.4, 0.5) is 0 Å². The number of para-hydroxylation sites is 3. The molecule has 0 aliphatic carbocycles. The standard InChI is InChI=1S/C33H24N3O.C18H24GeN.Ir/c1-21(2)27-20-19-25-24-14-10-15-26(31(24)37-33(25)35-27)32-34-28-16-7-9-18-30(28)36(32)29-17-8-6-13-23(29)22-11-4-3-5-12-22;1-14(2)11-16-12-18(15-9-7-6-8-10-15)20-13-17(16)19(3,4)5;/h3-14,16-21H,1-2H3;6-9,12-14H,11H2,1-5H3;/q2*-1;. The molecule has 5 aromatic carbocycles. The number of furan rings is 1. The molecule has 5 nitrogen and oxygen atoms in total. The van der Waals surface area contributed by atoms with Crippen LogP contribution >= 0.6 is 0 Å². The summed E-state index contributed by atoms with van der Waals surface area (Å²) in [4.78, 5) is 14.6.